The molecule has 0 bridgehead atoms. The van der Waals surface area contributed by atoms with Gasteiger partial charge in [-0.2, -0.15) is 0 Å². The van der Waals surface area contributed by atoms with E-state index in [0.717, 1.165) is 62.3 Å². The van der Waals surface area contributed by atoms with Crippen molar-refractivity contribution in [3.05, 3.63) is 59.4 Å². The third-order valence-electron chi connectivity index (χ3n) is 5.49. The minimum Gasteiger partial charge on any atom is -0.493 e. The second-order valence-electron chi connectivity index (χ2n) is 8.20. The van der Waals surface area contributed by atoms with Gasteiger partial charge in [-0.1, -0.05) is 31.2 Å². The van der Waals surface area contributed by atoms with E-state index in [4.69, 9.17) is 9.72 Å². The Hall–Kier alpha value is -2.82. The topological polar surface area (TPSA) is 56.2 Å². The number of hydrogen-bond donors (Lipinski definition) is 1. The standard InChI is InChI=1S/C26H35N3O2/c1-4-10-26(30)27-16-9-13-25-28-22-11-5-6-12-23(22)29(25)17-7-8-18-31-24-19-20(2)14-15-21(24)3/h5-6,11-12,14-15,19H,4,7-10,13,16-18H2,1-3H3,(H,27,30). The number of unbranched alkanes of at least 4 members (excludes halogenated alkanes) is 1. The molecule has 1 N–H and O–H groups in total. The van der Waals surface area contributed by atoms with Crippen LogP contribution in [0.2, 0.25) is 0 Å². The van der Waals surface area contributed by atoms with Crippen LogP contribution < -0.4 is 10.1 Å². The molecule has 0 aliphatic heterocycles. The van der Waals surface area contributed by atoms with E-state index in [1.54, 1.807) is 0 Å². The van der Waals surface area contributed by atoms with Gasteiger partial charge in [0.2, 0.25) is 5.91 Å². The molecule has 0 saturated heterocycles. The molecule has 3 aromatic rings. The van der Waals surface area contributed by atoms with E-state index in [-0.39, 0.29) is 5.91 Å². The number of hydrogen-bond acceptors (Lipinski definition) is 3. The number of ether oxygens (including phenoxy) is 1. The summed E-state index contributed by atoms with van der Waals surface area (Å²) in [4.78, 5) is 16.5. The molecule has 1 amide bonds. The zero-order valence-electron chi connectivity index (χ0n) is 19.1. The first-order chi connectivity index (χ1) is 15.1. The molecular formula is C26H35N3O2. The Balaban J connectivity index is 1.53. The number of aryl methyl sites for hydroxylation is 4. The molecule has 0 fully saturated rings. The zero-order chi connectivity index (χ0) is 22.1. The largest absolute Gasteiger partial charge is 0.493 e. The van der Waals surface area contributed by atoms with Crippen LogP contribution >= 0.6 is 0 Å². The highest BCUT2D eigenvalue weighted by atomic mass is 16.5. The van der Waals surface area contributed by atoms with Gasteiger partial charge in [-0.05, 0) is 68.9 Å². The highest BCUT2D eigenvalue weighted by molar-refractivity contribution is 5.76. The number of carbonyl (C=O) groups is 1. The second-order valence-corrected chi connectivity index (χ2v) is 8.20. The molecule has 1 heterocycles. The Morgan fingerprint density at radius 1 is 1.10 bits per heavy atom. The fourth-order valence-electron chi connectivity index (χ4n) is 3.77. The zero-order valence-corrected chi connectivity index (χ0v) is 19.1. The SMILES string of the molecule is CCCC(=O)NCCCc1nc2ccccc2n1CCCCOc1cc(C)ccc1C. The van der Waals surface area contributed by atoms with E-state index in [0.29, 0.717) is 13.0 Å². The molecule has 0 aliphatic carbocycles. The highest BCUT2D eigenvalue weighted by Gasteiger charge is 2.10. The van der Waals surface area contributed by atoms with Gasteiger partial charge in [0.05, 0.1) is 17.6 Å². The summed E-state index contributed by atoms with van der Waals surface area (Å²) in [5, 5.41) is 3.00. The summed E-state index contributed by atoms with van der Waals surface area (Å²) in [6.45, 7) is 8.54. The van der Waals surface area contributed by atoms with E-state index in [1.165, 1.54) is 16.6 Å². The molecule has 0 spiro atoms. The Morgan fingerprint density at radius 3 is 2.77 bits per heavy atom. The normalized spacial score (nSPS) is 11.1. The minimum atomic E-state index is 0.139. The number of carbonyl (C=O) groups excluding carboxylic acids is 1. The first kappa shape index (κ1) is 22.9. The molecule has 0 atom stereocenters. The lowest BCUT2D eigenvalue weighted by molar-refractivity contribution is -0.121. The second kappa shape index (κ2) is 11.5. The van der Waals surface area contributed by atoms with E-state index in [1.807, 2.05) is 13.0 Å². The summed E-state index contributed by atoms with van der Waals surface area (Å²) < 4.78 is 8.35. The third-order valence-corrected chi connectivity index (χ3v) is 5.49. The molecule has 1 aromatic heterocycles. The minimum absolute atomic E-state index is 0.139. The summed E-state index contributed by atoms with van der Waals surface area (Å²) in [6, 6.07) is 14.6. The van der Waals surface area contributed by atoms with Crippen molar-refractivity contribution in [2.75, 3.05) is 13.2 Å². The molecule has 0 radical (unpaired) electrons. The summed E-state index contributed by atoms with van der Waals surface area (Å²) >= 11 is 0. The van der Waals surface area contributed by atoms with Crippen molar-refractivity contribution in [3.8, 4) is 5.75 Å². The van der Waals surface area contributed by atoms with Crippen molar-refractivity contribution < 1.29 is 9.53 Å². The molecule has 0 unspecified atom stereocenters. The van der Waals surface area contributed by atoms with Crippen LogP contribution in [-0.4, -0.2) is 28.6 Å². The van der Waals surface area contributed by atoms with Crippen molar-refractivity contribution in [3.63, 3.8) is 0 Å². The summed E-state index contributed by atoms with van der Waals surface area (Å²) in [5.74, 6) is 2.22. The molecule has 0 aliphatic rings. The van der Waals surface area contributed by atoms with Crippen molar-refractivity contribution in [1.29, 1.82) is 0 Å². The average Bonchev–Trinajstić information content (AvgIpc) is 3.11. The first-order valence-corrected chi connectivity index (χ1v) is 11.5. The fourth-order valence-corrected chi connectivity index (χ4v) is 3.77. The van der Waals surface area contributed by atoms with Crippen LogP contribution in [0.25, 0.3) is 11.0 Å². The lowest BCUT2D eigenvalue weighted by atomic mass is 10.1. The fraction of sp³-hybridized carbons (Fsp3) is 0.462. The Bertz CT molecular complexity index is 993. The van der Waals surface area contributed by atoms with E-state index >= 15 is 0 Å². The molecule has 5 nitrogen and oxygen atoms in total. The number of nitrogens with one attached hydrogen (secondary N) is 1. The number of rotatable bonds is 12. The van der Waals surface area contributed by atoms with Gasteiger partial charge in [0.1, 0.15) is 11.6 Å². The van der Waals surface area contributed by atoms with Crippen LogP contribution in [0.1, 0.15) is 56.0 Å². The van der Waals surface area contributed by atoms with Crippen molar-refractivity contribution in [1.82, 2.24) is 14.9 Å². The molecule has 31 heavy (non-hydrogen) atoms. The quantitative estimate of drug-likeness (QED) is 0.401. The summed E-state index contributed by atoms with van der Waals surface area (Å²) in [7, 11) is 0. The molecule has 0 saturated carbocycles. The van der Waals surface area contributed by atoms with Crippen molar-refractivity contribution >= 4 is 16.9 Å². The predicted octanol–water partition coefficient (Wildman–Crippen LogP) is 5.36. The van der Waals surface area contributed by atoms with E-state index < -0.39 is 0 Å². The Morgan fingerprint density at radius 2 is 1.94 bits per heavy atom. The number of amides is 1. The molecule has 2 aromatic carbocycles. The van der Waals surface area contributed by atoms with Crippen molar-refractivity contribution in [2.45, 2.75) is 65.8 Å². The van der Waals surface area contributed by atoms with Crippen LogP contribution in [0, 0.1) is 13.8 Å². The number of benzene rings is 2. The monoisotopic (exact) mass is 421 g/mol. The van der Waals surface area contributed by atoms with Gasteiger partial charge in [-0.15, -0.1) is 0 Å². The lowest BCUT2D eigenvalue weighted by Crippen LogP contribution is -2.24. The Kier molecular flexibility index (Phi) is 8.51. The molecule has 5 heteroatoms. The lowest BCUT2D eigenvalue weighted by Gasteiger charge is -2.12. The Labute approximate surface area is 185 Å². The molecule has 3 rings (SSSR count). The van der Waals surface area contributed by atoms with E-state index in [2.05, 4.69) is 60.1 Å². The number of para-hydroxylation sites is 2. The van der Waals surface area contributed by atoms with Crippen LogP contribution in [0.5, 0.6) is 5.75 Å². The van der Waals surface area contributed by atoms with Gasteiger partial charge in [0, 0.05) is 25.9 Å². The van der Waals surface area contributed by atoms with Gasteiger partial charge < -0.3 is 14.6 Å². The maximum absolute atomic E-state index is 11.7. The number of aromatic nitrogens is 2. The number of fused-ring (bicyclic) bond motifs is 1. The van der Waals surface area contributed by atoms with Gasteiger partial charge in [0.25, 0.3) is 0 Å². The third kappa shape index (κ3) is 6.58. The molecule has 166 valence electrons. The van der Waals surface area contributed by atoms with E-state index in [9.17, 15) is 4.79 Å². The maximum atomic E-state index is 11.7. The van der Waals surface area contributed by atoms with Crippen LogP contribution in [0.3, 0.4) is 0 Å². The van der Waals surface area contributed by atoms with Crippen LogP contribution in [0.15, 0.2) is 42.5 Å². The van der Waals surface area contributed by atoms with Crippen LogP contribution in [-0.2, 0) is 17.8 Å². The molecular weight excluding hydrogens is 386 g/mol. The van der Waals surface area contributed by atoms with Crippen molar-refractivity contribution in [2.24, 2.45) is 0 Å². The van der Waals surface area contributed by atoms with Crippen LogP contribution in [0.4, 0.5) is 0 Å². The number of nitrogens with zero attached hydrogens (tertiary/aromatic N) is 2. The summed E-state index contributed by atoms with van der Waals surface area (Å²) in [6.07, 6.45) is 5.27. The van der Waals surface area contributed by atoms with Gasteiger partial charge >= 0.3 is 0 Å². The average molecular weight is 422 g/mol. The van der Waals surface area contributed by atoms with Gasteiger partial charge in [-0.25, -0.2) is 4.98 Å². The predicted molar refractivity (Wildman–Crippen MR) is 127 cm³/mol. The summed E-state index contributed by atoms with van der Waals surface area (Å²) in [5.41, 5.74) is 4.63. The smallest absolute Gasteiger partial charge is 0.219 e. The maximum Gasteiger partial charge on any atom is 0.219 e. The van der Waals surface area contributed by atoms with Gasteiger partial charge in [0.15, 0.2) is 0 Å². The highest BCUT2D eigenvalue weighted by Crippen LogP contribution is 2.20. The van der Waals surface area contributed by atoms with Gasteiger partial charge in [-0.3, -0.25) is 4.79 Å². The number of imidazole rings is 1. The first-order valence-electron chi connectivity index (χ1n) is 11.5.